The summed E-state index contributed by atoms with van der Waals surface area (Å²) in [4.78, 5) is 41.8. The van der Waals surface area contributed by atoms with Crippen LogP contribution < -0.4 is 20.9 Å². The summed E-state index contributed by atoms with van der Waals surface area (Å²) in [7, 11) is -2.59. The van der Waals surface area contributed by atoms with Crippen molar-refractivity contribution in [1.82, 2.24) is 16.0 Å². The number of halogens is 1. The number of carbonyl (C=O) groups excluding carboxylic acids is 3. The van der Waals surface area contributed by atoms with Gasteiger partial charge in [0.05, 0.1) is 23.6 Å². The number of aryl methyl sites for hydroxylation is 1. The Labute approximate surface area is 292 Å². The van der Waals surface area contributed by atoms with Crippen LogP contribution in [0.2, 0.25) is 0 Å². The van der Waals surface area contributed by atoms with Gasteiger partial charge in [-0.2, -0.15) is 8.42 Å². The minimum Gasteiger partial charge on any atom is -0.392 e. The Morgan fingerprint density at radius 2 is 1.76 bits per heavy atom. The minimum atomic E-state index is -2.59. The molecule has 5 rings (SSSR count). The molecule has 0 aromatic heterocycles. The smallest absolute Gasteiger partial charge is 0.252 e. The van der Waals surface area contributed by atoms with Crippen LogP contribution in [-0.2, 0) is 32.8 Å². The summed E-state index contributed by atoms with van der Waals surface area (Å²) in [5, 5.41) is 18.5. The van der Waals surface area contributed by atoms with E-state index < -0.39 is 45.7 Å². The third-order valence-corrected chi connectivity index (χ3v) is 9.43. The van der Waals surface area contributed by atoms with Crippen molar-refractivity contribution < 1.29 is 32.3 Å². The molecule has 1 aliphatic heterocycles. The maximum Gasteiger partial charge on any atom is 0.252 e. The van der Waals surface area contributed by atoms with Crippen molar-refractivity contribution in [3.63, 3.8) is 0 Å². The average molecular weight is 701 g/mol. The minimum absolute atomic E-state index is 0.0186. The largest absolute Gasteiger partial charge is 0.392 e. The van der Waals surface area contributed by atoms with E-state index in [1.165, 1.54) is 18.2 Å². The molecule has 12 heteroatoms. The number of aliphatic hydroxyl groups is 1. The maximum atomic E-state index is 14.3. The Morgan fingerprint density at radius 1 is 1.04 bits per heavy atom. The topological polar surface area (TPSA) is 145 Å². The molecule has 1 aliphatic carbocycles. The molecule has 2 aliphatic rings. The first-order valence-electron chi connectivity index (χ1n) is 16.4. The third-order valence-electron chi connectivity index (χ3n) is 8.68. The normalized spacial score (nSPS) is 18.1. The van der Waals surface area contributed by atoms with E-state index in [1.807, 2.05) is 26.0 Å². The van der Waals surface area contributed by atoms with Gasteiger partial charge in [0.1, 0.15) is 11.9 Å². The van der Waals surface area contributed by atoms with Gasteiger partial charge < -0.3 is 26.0 Å². The van der Waals surface area contributed by atoms with E-state index in [1.54, 1.807) is 72.5 Å². The molecule has 3 atom stereocenters. The second kappa shape index (κ2) is 15.8. The van der Waals surface area contributed by atoms with E-state index >= 15 is 0 Å². The molecule has 3 amide bonds. The Morgan fingerprint density at radius 3 is 2.44 bits per heavy atom. The number of amides is 3. The van der Waals surface area contributed by atoms with Gasteiger partial charge in [-0.05, 0) is 92.3 Å². The Balaban J connectivity index is 1.37. The number of benzene rings is 3. The number of nitrogens with zero attached hydrogens (tertiary/aromatic N) is 1. The van der Waals surface area contributed by atoms with Gasteiger partial charge in [-0.25, -0.2) is 4.39 Å². The van der Waals surface area contributed by atoms with E-state index in [-0.39, 0.29) is 36.1 Å². The number of fused-ring (bicyclic) bond motifs is 1. The summed E-state index contributed by atoms with van der Waals surface area (Å²) in [5.74, 6) is -1.50. The van der Waals surface area contributed by atoms with E-state index in [0.717, 1.165) is 5.56 Å². The van der Waals surface area contributed by atoms with Crippen LogP contribution in [0.25, 0.3) is 5.57 Å². The van der Waals surface area contributed by atoms with Crippen molar-refractivity contribution in [1.29, 1.82) is 0 Å². The number of β-amino-alcohol motifs (C(OH)–C–C–N with tert-alkyl or cyclic N) is 1. The summed E-state index contributed by atoms with van der Waals surface area (Å²) in [6, 6.07) is 18.2. The molecule has 3 aromatic carbocycles. The van der Waals surface area contributed by atoms with Gasteiger partial charge in [0, 0.05) is 29.8 Å². The third kappa shape index (κ3) is 9.00. The van der Waals surface area contributed by atoms with Crippen LogP contribution >= 0.6 is 0 Å². The number of nitrogens with one attached hydrogen (secondary N) is 3. The standard InChI is InChI=1S/C38H41FN4O6S/c1-24(44)22-40-38(2,3)21-34(45)41-31-18-16-28-20-29(39)17-19-32(28)43(37(31)47)23-25-12-14-26(15-13-25)30-10-7-11-33(50(48)49)35(30)42-36(46)27-8-5-4-6-9-27/h4-15,17,19-20,24,31,35,40,44H,16,18,21-23H2,1-3H3,(H,41,45)(H,42,46)/t24-,31-,35?/m1/s1. The van der Waals surface area contributed by atoms with Crippen LogP contribution in [0, 0.1) is 5.82 Å². The van der Waals surface area contributed by atoms with E-state index in [2.05, 4.69) is 16.0 Å². The van der Waals surface area contributed by atoms with Gasteiger partial charge in [0.25, 0.3) is 5.91 Å². The van der Waals surface area contributed by atoms with E-state index in [0.29, 0.717) is 40.9 Å². The highest BCUT2D eigenvalue weighted by Crippen LogP contribution is 2.31. The first-order valence-corrected chi connectivity index (χ1v) is 17.5. The second-order valence-electron chi connectivity index (χ2n) is 13.2. The predicted molar refractivity (Wildman–Crippen MR) is 191 cm³/mol. The van der Waals surface area contributed by atoms with E-state index in [4.69, 9.17) is 0 Å². The van der Waals surface area contributed by atoms with Gasteiger partial charge in [0.2, 0.25) is 22.1 Å². The molecular weight excluding hydrogens is 660 g/mol. The molecule has 4 N–H and O–H groups in total. The summed E-state index contributed by atoms with van der Waals surface area (Å²) in [6.07, 6.45) is 4.97. The molecule has 1 heterocycles. The fourth-order valence-electron chi connectivity index (χ4n) is 6.12. The highest BCUT2D eigenvalue weighted by Gasteiger charge is 2.33. The summed E-state index contributed by atoms with van der Waals surface area (Å²) >= 11 is 0. The molecule has 3 aromatic rings. The lowest BCUT2D eigenvalue weighted by atomic mass is 9.91. The molecule has 0 saturated carbocycles. The van der Waals surface area contributed by atoms with Crippen molar-refractivity contribution >= 4 is 44.1 Å². The van der Waals surface area contributed by atoms with Crippen molar-refractivity contribution in [3.05, 3.63) is 119 Å². The van der Waals surface area contributed by atoms with Crippen molar-refractivity contribution in [2.45, 2.75) is 70.3 Å². The summed E-state index contributed by atoms with van der Waals surface area (Å²) < 4.78 is 38.7. The van der Waals surface area contributed by atoms with Crippen LogP contribution in [0.4, 0.5) is 10.1 Å². The quantitative estimate of drug-likeness (QED) is 0.223. The van der Waals surface area contributed by atoms with Gasteiger partial charge in [-0.15, -0.1) is 0 Å². The fourth-order valence-corrected chi connectivity index (χ4v) is 6.69. The zero-order valence-corrected chi connectivity index (χ0v) is 29.0. The molecule has 262 valence electrons. The first-order chi connectivity index (χ1) is 23.8. The number of hydrogen-bond donors (Lipinski definition) is 4. The van der Waals surface area contributed by atoms with Gasteiger partial charge >= 0.3 is 0 Å². The maximum absolute atomic E-state index is 14.3. The molecular formula is C38H41FN4O6S. The molecule has 0 spiro atoms. The SMILES string of the molecule is C[C@@H](O)CNC(C)(C)CC(=O)N[C@@H]1CCc2cc(F)ccc2N(Cc2ccc(C3=CC=CC(=S(=O)=O)C3NC(=O)c3ccccc3)cc2)C1=O. The molecule has 0 saturated heterocycles. The Kier molecular flexibility index (Phi) is 11.5. The van der Waals surface area contributed by atoms with Crippen LogP contribution in [0.15, 0.2) is 91.0 Å². The number of rotatable bonds is 11. The molecule has 0 fully saturated rings. The van der Waals surface area contributed by atoms with Crippen LogP contribution in [0.3, 0.4) is 0 Å². The average Bonchev–Trinajstić information content (AvgIpc) is 3.20. The number of aliphatic hydroxyl groups excluding tert-OH is 1. The zero-order valence-electron chi connectivity index (χ0n) is 28.1. The van der Waals surface area contributed by atoms with Crippen LogP contribution in [-0.4, -0.2) is 66.4 Å². The fraction of sp³-hybridized carbons (Fsp3) is 0.316. The molecule has 1 unspecified atom stereocenters. The van der Waals surface area contributed by atoms with Crippen molar-refractivity contribution in [3.8, 4) is 0 Å². The first kappa shape index (κ1) is 36.4. The molecule has 0 radical (unpaired) electrons. The second-order valence-corrected chi connectivity index (χ2v) is 14.2. The number of carbonyl (C=O) groups is 3. The summed E-state index contributed by atoms with van der Waals surface area (Å²) in [6.45, 7) is 5.77. The highest BCUT2D eigenvalue weighted by molar-refractivity contribution is 7.73. The van der Waals surface area contributed by atoms with Gasteiger partial charge in [-0.3, -0.25) is 14.4 Å². The van der Waals surface area contributed by atoms with Gasteiger partial charge in [-0.1, -0.05) is 54.6 Å². The zero-order chi connectivity index (χ0) is 36.0. The lowest BCUT2D eigenvalue weighted by Crippen LogP contribution is -2.51. The molecule has 0 bridgehead atoms. The number of anilines is 1. The lowest BCUT2D eigenvalue weighted by Gasteiger charge is -2.29. The molecule has 10 nitrogen and oxygen atoms in total. The predicted octanol–water partition coefficient (Wildman–Crippen LogP) is 3.73. The van der Waals surface area contributed by atoms with Gasteiger partial charge in [0.15, 0.2) is 0 Å². The monoisotopic (exact) mass is 700 g/mol. The number of hydrogen-bond acceptors (Lipinski definition) is 7. The Bertz CT molecular complexity index is 1950. The molecule has 50 heavy (non-hydrogen) atoms. The van der Waals surface area contributed by atoms with Crippen LogP contribution in [0.5, 0.6) is 0 Å². The number of allylic oxidation sites excluding steroid dienone is 2. The highest BCUT2D eigenvalue weighted by atomic mass is 32.2. The lowest BCUT2D eigenvalue weighted by molar-refractivity contribution is -0.128. The summed E-state index contributed by atoms with van der Waals surface area (Å²) in [5.41, 5.74) is 2.94. The van der Waals surface area contributed by atoms with Crippen LogP contribution in [0.1, 0.15) is 60.7 Å². The van der Waals surface area contributed by atoms with Crippen molar-refractivity contribution in [2.75, 3.05) is 11.4 Å². The van der Waals surface area contributed by atoms with E-state index in [9.17, 15) is 32.3 Å². The Hall–Kier alpha value is -4.91. The van der Waals surface area contributed by atoms with Crippen molar-refractivity contribution in [2.24, 2.45) is 0 Å².